The third kappa shape index (κ3) is 8.97. The van der Waals surface area contributed by atoms with Gasteiger partial charge >= 0.3 is 0 Å². The van der Waals surface area contributed by atoms with E-state index in [0.717, 1.165) is 11.1 Å². The average Bonchev–Trinajstić information content (AvgIpc) is 3.02. The maximum atomic E-state index is 13.6. The second-order valence-electron chi connectivity index (χ2n) is 10.4. The average molecular weight is 621 g/mol. The first-order chi connectivity index (χ1) is 21.2. The summed E-state index contributed by atoms with van der Waals surface area (Å²) in [5.74, 6) is -1.05. The van der Waals surface area contributed by atoms with E-state index in [-0.39, 0.29) is 50.6 Å². The number of nitrogens with one attached hydrogen (secondary N) is 3. The first-order valence-electron chi connectivity index (χ1n) is 14.6. The van der Waals surface area contributed by atoms with E-state index in [1.54, 1.807) is 47.4 Å². The topological polar surface area (TPSA) is 126 Å². The van der Waals surface area contributed by atoms with Crippen molar-refractivity contribution in [3.05, 3.63) is 94.5 Å². The lowest BCUT2D eigenvalue weighted by Crippen LogP contribution is -2.54. The summed E-state index contributed by atoms with van der Waals surface area (Å²) in [6.07, 6.45) is -0.126. The van der Waals surface area contributed by atoms with Gasteiger partial charge in [-0.05, 0) is 55.3 Å². The van der Waals surface area contributed by atoms with Crippen LogP contribution in [0.4, 0.5) is 0 Å². The molecule has 44 heavy (non-hydrogen) atoms. The summed E-state index contributed by atoms with van der Waals surface area (Å²) in [6, 6.07) is 19.1. The van der Waals surface area contributed by atoms with E-state index in [9.17, 15) is 19.2 Å². The molecule has 0 saturated carbocycles. The smallest absolute Gasteiger partial charge is 0.255 e. The molecule has 0 aromatic heterocycles. The number of amides is 4. The van der Waals surface area contributed by atoms with Crippen molar-refractivity contribution in [1.82, 2.24) is 20.9 Å². The molecule has 0 radical (unpaired) electrons. The zero-order valence-corrected chi connectivity index (χ0v) is 25.6. The minimum Gasteiger partial charge on any atom is -0.492 e. The molecule has 0 fully saturated rings. The highest BCUT2D eigenvalue weighted by atomic mass is 35.5. The number of hydrogen-bond donors (Lipinski definition) is 3. The van der Waals surface area contributed by atoms with E-state index in [2.05, 4.69) is 16.0 Å². The predicted molar refractivity (Wildman–Crippen MR) is 167 cm³/mol. The Balaban J connectivity index is 1.53. The Morgan fingerprint density at radius 2 is 1.80 bits per heavy atom. The van der Waals surface area contributed by atoms with E-state index in [1.165, 1.54) is 0 Å². The molecular formula is C33H37ClN4O6. The van der Waals surface area contributed by atoms with Crippen LogP contribution in [0.15, 0.2) is 72.8 Å². The molecule has 0 unspecified atom stereocenters. The lowest BCUT2D eigenvalue weighted by atomic mass is 10.0. The molecule has 2 atom stereocenters. The molecule has 1 aliphatic heterocycles. The molecule has 0 aliphatic carbocycles. The molecule has 3 aromatic carbocycles. The van der Waals surface area contributed by atoms with Crippen LogP contribution in [-0.4, -0.2) is 73.5 Å². The van der Waals surface area contributed by atoms with Gasteiger partial charge in [-0.2, -0.15) is 0 Å². The zero-order valence-electron chi connectivity index (χ0n) is 24.8. The van der Waals surface area contributed by atoms with Gasteiger partial charge in [0.05, 0.1) is 25.1 Å². The van der Waals surface area contributed by atoms with Gasteiger partial charge in [-0.3, -0.25) is 19.2 Å². The van der Waals surface area contributed by atoms with Gasteiger partial charge in [0.2, 0.25) is 17.7 Å². The summed E-state index contributed by atoms with van der Waals surface area (Å²) in [5, 5.41) is 8.85. The summed E-state index contributed by atoms with van der Waals surface area (Å²) in [6.45, 7) is 4.77. The maximum absolute atomic E-state index is 13.6. The molecule has 4 rings (SSSR count). The van der Waals surface area contributed by atoms with Gasteiger partial charge in [-0.15, -0.1) is 0 Å². The van der Waals surface area contributed by atoms with E-state index >= 15 is 0 Å². The molecule has 232 valence electrons. The van der Waals surface area contributed by atoms with Crippen molar-refractivity contribution in [3.8, 4) is 11.5 Å². The van der Waals surface area contributed by atoms with Gasteiger partial charge in [0, 0.05) is 18.0 Å². The number of likely N-dealkylation sites (N-methyl/N-ethyl adjacent to an activating group) is 1. The van der Waals surface area contributed by atoms with Crippen LogP contribution >= 0.6 is 11.6 Å². The van der Waals surface area contributed by atoms with E-state index in [0.29, 0.717) is 23.1 Å². The van der Waals surface area contributed by atoms with Crippen molar-refractivity contribution >= 4 is 35.2 Å². The Kier molecular flexibility index (Phi) is 11.6. The Morgan fingerprint density at radius 3 is 2.55 bits per heavy atom. The highest BCUT2D eigenvalue weighted by Gasteiger charge is 2.30. The summed E-state index contributed by atoms with van der Waals surface area (Å²) < 4.78 is 11.6. The van der Waals surface area contributed by atoms with Crippen molar-refractivity contribution in [2.75, 3.05) is 32.8 Å². The zero-order chi connectivity index (χ0) is 31.5. The van der Waals surface area contributed by atoms with Crippen LogP contribution in [0, 0.1) is 6.92 Å². The quantitative estimate of drug-likeness (QED) is 0.332. The van der Waals surface area contributed by atoms with E-state index in [4.69, 9.17) is 21.1 Å². The number of halogens is 1. The lowest BCUT2D eigenvalue weighted by Gasteiger charge is -2.28. The standard InChI is InChI=1S/C33H37ClN4O6/c1-3-38-16-18-44-29-12-8-7-11-25(29)31(40)37-27(32(41)35-15-17-43-24-13-14-26(34)22(2)19-24)21-30(39)36-28(33(38)42)20-23-9-5-4-6-10-23/h4-14,19,27-28H,3,15-18,20-21H2,1-2H3,(H,35,41)(H,36,39)(H,37,40)/t27-,28+/m0/s1. The highest BCUT2D eigenvalue weighted by Crippen LogP contribution is 2.21. The molecule has 0 saturated heterocycles. The molecule has 3 N–H and O–H groups in total. The highest BCUT2D eigenvalue weighted by molar-refractivity contribution is 6.31. The summed E-state index contributed by atoms with van der Waals surface area (Å²) in [4.78, 5) is 55.2. The third-order valence-electron chi connectivity index (χ3n) is 7.17. The van der Waals surface area contributed by atoms with Gasteiger partial charge < -0.3 is 30.3 Å². The number of benzene rings is 3. The third-order valence-corrected chi connectivity index (χ3v) is 7.59. The largest absolute Gasteiger partial charge is 0.492 e. The van der Waals surface area contributed by atoms with Gasteiger partial charge in [0.1, 0.15) is 36.8 Å². The molecule has 1 aliphatic rings. The normalized spacial score (nSPS) is 17.8. The molecule has 0 bridgehead atoms. The van der Waals surface area contributed by atoms with Crippen LogP contribution in [0.1, 0.15) is 34.8 Å². The van der Waals surface area contributed by atoms with Gasteiger partial charge in [0.25, 0.3) is 5.91 Å². The fraction of sp³-hybridized carbons (Fsp3) is 0.333. The summed E-state index contributed by atoms with van der Waals surface area (Å²) >= 11 is 6.07. The number of nitrogens with zero attached hydrogens (tertiary/aromatic N) is 1. The number of fused-ring (bicyclic) bond motifs is 1. The van der Waals surface area contributed by atoms with Crippen LogP contribution < -0.4 is 25.4 Å². The first-order valence-corrected chi connectivity index (χ1v) is 14.9. The van der Waals surface area contributed by atoms with Crippen LogP contribution in [0.25, 0.3) is 0 Å². The SMILES string of the molecule is CCN1CCOc2ccccc2C(=O)N[C@H](C(=O)NCCOc2ccc(Cl)c(C)c2)CC(=O)N[C@H](Cc2ccccc2)C1=O. The van der Waals surface area contributed by atoms with Crippen molar-refractivity contribution in [3.63, 3.8) is 0 Å². The number of para-hydroxylation sites is 1. The number of aryl methyl sites for hydroxylation is 1. The monoisotopic (exact) mass is 620 g/mol. The van der Waals surface area contributed by atoms with Gasteiger partial charge in [-0.1, -0.05) is 54.1 Å². The minimum absolute atomic E-state index is 0.120. The fourth-order valence-corrected chi connectivity index (χ4v) is 4.92. The van der Waals surface area contributed by atoms with Crippen LogP contribution in [0.3, 0.4) is 0 Å². The van der Waals surface area contributed by atoms with Crippen molar-refractivity contribution in [2.45, 2.75) is 38.8 Å². The Labute approximate surface area is 262 Å². The summed E-state index contributed by atoms with van der Waals surface area (Å²) in [7, 11) is 0. The number of rotatable bonds is 8. The fourth-order valence-electron chi connectivity index (χ4n) is 4.80. The maximum Gasteiger partial charge on any atom is 0.255 e. The molecule has 3 aromatic rings. The number of carbonyl (C=O) groups excluding carboxylic acids is 4. The van der Waals surface area contributed by atoms with E-state index < -0.39 is 29.8 Å². The van der Waals surface area contributed by atoms with Crippen LogP contribution in [-0.2, 0) is 20.8 Å². The van der Waals surface area contributed by atoms with Crippen molar-refractivity contribution in [1.29, 1.82) is 0 Å². The second kappa shape index (κ2) is 15.8. The molecule has 0 spiro atoms. The summed E-state index contributed by atoms with van der Waals surface area (Å²) in [5.41, 5.74) is 1.93. The molecule has 4 amide bonds. The van der Waals surface area contributed by atoms with Crippen molar-refractivity contribution < 1.29 is 28.7 Å². The predicted octanol–water partition coefficient (Wildman–Crippen LogP) is 3.30. The Morgan fingerprint density at radius 1 is 1.05 bits per heavy atom. The lowest BCUT2D eigenvalue weighted by molar-refractivity contribution is -0.137. The Bertz CT molecular complexity index is 1470. The van der Waals surface area contributed by atoms with Gasteiger partial charge in [-0.25, -0.2) is 0 Å². The first kappa shape index (κ1) is 32.3. The molecule has 10 nitrogen and oxygen atoms in total. The molecular weight excluding hydrogens is 584 g/mol. The minimum atomic E-state index is -1.23. The van der Waals surface area contributed by atoms with Crippen molar-refractivity contribution in [2.24, 2.45) is 0 Å². The number of hydrogen-bond acceptors (Lipinski definition) is 6. The number of carbonyl (C=O) groups is 4. The van der Waals surface area contributed by atoms with E-state index in [1.807, 2.05) is 44.2 Å². The number of ether oxygens (including phenoxy) is 2. The second-order valence-corrected chi connectivity index (χ2v) is 10.8. The van der Waals surface area contributed by atoms with Crippen LogP contribution in [0.2, 0.25) is 5.02 Å². The van der Waals surface area contributed by atoms with Crippen LogP contribution in [0.5, 0.6) is 11.5 Å². The molecule has 1 heterocycles. The molecule has 11 heteroatoms. The van der Waals surface area contributed by atoms with Gasteiger partial charge in [0.15, 0.2) is 0 Å². The Hall–Kier alpha value is -4.57.